The van der Waals surface area contributed by atoms with Gasteiger partial charge >= 0.3 is 0 Å². The molecule has 0 spiro atoms. The van der Waals surface area contributed by atoms with Gasteiger partial charge in [0.2, 0.25) is 10.0 Å². The van der Waals surface area contributed by atoms with Crippen LogP contribution in [0, 0.1) is 12.8 Å². The summed E-state index contributed by atoms with van der Waals surface area (Å²) in [7, 11) is -3.42. The second kappa shape index (κ2) is 4.90. The number of nitrogen functional groups attached to an aromatic ring is 1. The maximum absolute atomic E-state index is 12.3. The standard InChI is InChI=1S/C13H20N2O2S/c1-9-3-5-12(7-9)15-18(16,17)13-6-4-11(14)8-10(13)2/h4,6,8-9,12,15H,3,5,7,14H2,1-2H3. The number of aryl methyl sites for hydroxylation is 1. The lowest BCUT2D eigenvalue weighted by molar-refractivity contribution is 0.538. The third kappa shape index (κ3) is 2.84. The summed E-state index contributed by atoms with van der Waals surface area (Å²) >= 11 is 0. The Balaban J connectivity index is 2.20. The lowest BCUT2D eigenvalue weighted by Crippen LogP contribution is -2.33. The summed E-state index contributed by atoms with van der Waals surface area (Å²) in [4.78, 5) is 0.330. The predicted molar refractivity (Wildman–Crippen MR) is 72.7 cm³/mol. The fourth-order valence-electron chi connectivity index (χ4n) is 2.57. The van der Waals surface area contributed by atoms with Gasteiger partial charge in [0.15, 0.2) is 0 Å². The monoisotopic (exact) mass is 268 g/mol. The number of nitrogens with one attached hydrogen (secondary N) is 1. The lowest BCUT2D eigenvalue weighted by Gasteiger charge is -2.14. The van der Waals surface area contributed by atoms with Crippen molar-refractivity contribution in [2.45, 2.75) is 44.0 Å². The van der Waals surface area contributed by atoms with Crippen molar-refractivity contribution in [1.82, 2.24) is 4.72 Å². The molecule has 0 radical (unpaired) electrons. The summed E-state index contributed by atoms with van der Waals surface area (Å²) in [5.41, 5.74) is 6.91. The number of rotatable bonds is 3. The Kier molecular flexibility index (Phi) is 3.64. The summed E-state index contributed by atoms with van der Waals surface area (Å²) < 4.78 is 27.3. The molecular formula is C13H20N2O2S. The van der Waals surface area contributed by atoms with Crippen LogP contribution in [-0.4, -0.2) is 14.5 Å². The zero-order chi connectivity index (χ0) is 13.3. The van der Waals surface area contributed by atoms with E-state index in [1.807, 2.05) is 0 Å². The van der Waals surface area contributed by atoms with Gasteiger partial charge in [0.1, 0.15) is 0 Å². The van der Waals surface area contributed by atoms with Crippen molar-refractivity contribution in [2.75, 3.05) is 5.73 Å². The van der Waals surface area contributed by atoms with Gasteiger partial charge in [-0.05, 0) is 55.9 Å². The molecule has 1 aromatic rings. The second-order valence-corrected chi connectivity index (χ2v) is 6.94. The molecule has 1 fully saturated rings. The van der Waals surface area contributed by atoms with Crippen molar-refractivity contribution >= 4 is 15.7 Å². The first-order valence-corrected chi connectivity index (χ1v) is 7.75. The first kappa shape index (κ1) is 13.4. The van der Waals surface area contributed by atoms with Crippen LogP contribution in [0.25, 0.3) is 0 Å². The van der Waals surface area contributed by atoms with Gasteiger partial charge in [0.05, 0.1) is 4.90 Å². The van der Waals surface area contributed by atoms with E-state index in [0.29, 0.717) is 22.1 Å². The second-order valence-electron chi connectivity index (χ2n) is 5.26. The largest absolute Gasteiger partial charge is 0.399 e. The van der Waals surface area contributed by atoms with Crippen molar-refractivity contribution in [1.29, 1.82) is 0 Å². The molecular weight excluding hydrogens is 248 g/mol. The van der Waals surface area contributed by atoms with Gasteiger partial charge in [-0.3, -0.25) is 0 Å². The maximum Gasteiger partial charge on any atom is 0.241 e. The lowest BCUT2D eigenvalue weighted by atomic mass is 10.1. The smallest absolute Gasteiger partial charge is 0.241 e. The van der Waals surface area contributed by atoms with E-state index in [-0.39, 0.29) is 6.04 Å². The molecule has 0 saturated heterocycles. The van der Waals surface area contributed by atoms with Crippen molar-refractivity contribution in [3.8, 4) is 0 Å². The molecule has 5 heteroatoms. The molecule has 0 aromatic heterocycles. The Morgan fingerprint density at radius 1 is 1.33 bits per heavy atom. The zero-order valence-electron chi connectivity index (χ0n) is 10.8. The quantitative estimate of drug-likeness (QED) is 0.824. The van der Waals surface area contributed by atoms with Crippen LogP contribution in [0.2, 0.25) is 0 Å². The molecule has 1 aliphatic carbocycles. The third-order valence-electron chi connectivity index (χ3n) is 3.51. The minimum Gasteiger partial charge on any atom is -0.399 e. The predicted octanol–water partition coefficient (Wildman–Crippen LogP) is 2.04. The van der Waals surface area contributed by atoms with E-state index in [0.717, 1.165) is 19.3 Å². The molecule has 100 valence electrons. The van der Waals surface area contributed by atoms with Crippen LogP contribution >= 0.6 is 0 Å². The molecule has 0 heterocycles. The van der Waals surface area contributed by atoms with Crippen molar-refractivity contribution in [3.05, 3.63) is 23.8 Å². The van der Waals surface area contributed by atoms with Crippen molar-refractivity contribution in [2.24, 2.45) is 5.92 Å². The summed E-state index contributed by atoms with van der Waals surface area (Å²) in [5, 5.41) is 0. The molecule has 4 nitrogen and oxygen atoms in total. The normalized spacial score (nSPS) is 24.3. The third-order valence-corrected chi connectivity index (χ3v) is 5.19. The molecule has 18 heavy (non-hydrogen) atoms. The molecule has 1 aliphatic rings. The van der Waals surface area contributed by atoms with E-state index in [9.17, 15) is 8.42 Å². The number of sulfonamides is 1. The van der Waals surface area contributed by atoms with Crippen LogP contribution in [0.4, 0.5) is 5.69 Å². The average Bonchev–Trinajstić information content (AvgIpc) is 2.62. The highest BCUT2D eigenvalue weighted by Gasteiger charge is 2.27. The Morgan fingerprint density at radius 2 is 2.06 bits per heavy atom. The highest BCUT2D eigenvalue weighted by molar-refractivity contribution is 7.89. The van der Waals surface area contributed by atoms with E-state index in [1.165, 1.54) is 0 Å². The van der Waals surface area contributed by atoms with E-state index < -0.39 is 10.0 Å². The van der Waals surface area contributed by atoms with Crippen molar-refractivity contribution < 1.29 is 8.42 Å². The zero-order valence-corrected chi connectivity index (χ0v) is 11.6. The Labute approximate surface area is 109 Å². The Morgan fingerprint density at radius 3 is 2.61 bits per heavy atom. The number of benzene rings is 1. The first-order valence-electron chi connectivity index (χ1n) is 6.27. The molecule has 1 aromatic carbocycles. The van der Waals surface area contributed by atoms with Gasteiger partial charge in [-0.1, -0.05) is 6.92 Å². The fraction of sp³-hybridized carbons (Fsp3) is 0.538. The number of hydrogen-bond acceptors (Lipinski definition) is 3. The van der Waals surface area contributed by atoms with Crippen LogP contribution < -0.4 is 10.5 Å². The molecule has 2 rings (SSSR count). The summed E-state index contributed by atoms with van der Waals surface area (Å²) in [6, 6.07) is 4.96. The van der Waals surface area contributed by atoms with Gasteiger partial charge in [0, 0.05) is 11.7 Å². The molecule has 2 atom stereocenters. The number of nitrogens with two attached hydrogens (primary N) is 1. The van der Waals surface area contributed by atoms with Gasteiger partial charge in [0.25, 0.3) is 0 Å². The molecule has 1 saturated carbocycles. The maximum atomic E-state index is 12.3. The van der Waals surface area contributed by atoms with Gasteiger partial charge in [-0.25, -0.2) is 13.1 Å². The van der Waals surface area contributed by atoms with Crippen LogP contribution in [0.1, 0.15) is 31.7 Å². The average molecular weight is 268 g/mol. The van der Waals surface area contributed by atoms with Gasteiger partial charge in [-0.2, -0.15) is 0 Å². The molecule has 0 amide bonds. The summed E-state index contributed by atoms with van der Waals surface area (Å²) in [6.07, 6.45) is 2.94. The highest BCUT2D eigenvalue weighted by Crippen LogP contribution is 2.26. The molecule has 3 N–H and O–H groups in total. The number of anilines is 1. The molecule has 2 unspecified atom stereocenters. The van der Waals surface area contributed by atoms with E-state index >= 15 is 0 Å². The highest BCUT2D eigenvalue weighted by atomic mass is 32.2. The summed E-state index contributed by atoms with van der Waals surface area (Å²) in [6.45, 7) is 3.92. The van der Waals surface area contributed by atoms with Crippen LogP contribution in [0.5, 0.6) is 0 Å². The minimum absolute atomic E-state index is 0.0713. The van der Waals surface area contributed by atoms with Gasteiger partial charge < -0.3 is 5.73 Å². The fourth-order valence-corrected chi connectivity index (χ4v) is 4.08. The van der Waals surface area contributed by atoms with Gasteiger partial charge in [-0.15, -0.1) is 0 Å². The Bertz CT molecular complexity index is 540. The minimum atomic E-state index is -3.42. The first-order chi connectivity index (χ1) is 8.38. The summed E-state index contributed by atoms with van der Waals surface area (Å²) in [5.74, 6) is 0.602. The van der Waals surface area contributed by atoms with E-state index in [2.05, 4.69) is 11.6 Å². The topological polar surface area (TPSA) is 72.2 Å². The van der Waals surface area contributed by atoms with Crippen LogP contribution in [0.3, 0.4) is 0 Å². The number of hydrogen-bond donors (Lipinski definition) is 2. The Hall–Kier alpha value is -1.07. The molecule has 0 aliphatic heterocycles. The van der Waals surface area contributed by atoms with E-state index in [1.54, 1.807) is 25.1 Å². The molecule has 0 bridgehead atoms. The van der Waals surface area contributed by atoms with Crippen LogP contribution in [0.15, 0.2) is 23.1 Å². The SMILES string of the molecule is Cc1cc(N)ccc1S(=O)(=O)NC1CCC(C)C1. The van der Waals surface area contributed by atoms with Crippen molar-refractivity contribution in [3.63, 3.8) is 0 Å². The van der Waals surface area contributed by atoms with Crippen LogP contribution in [-0.2, 0) is 10.0 Å². The van der Waals surface area contributed by atoms with E-state index in [4.69, 9.17) is 5.73 Å².